The first-order chi connectivity index (χ1) is 10.6. The SMILES string of the molecule is CCCN(C(=O)/C(C)=C/c1ccccc1)c1cccc(C)c1. The summed E-state index contributed by atoms with van der Waals surface area (Å²) in [5.41, 5.74) is 3.93. The lowest BCUT2D eigenvalue weighted by molar-refractivity contribution is -0.115. The molecule has 0 aliphatic rings. The third kappa shape index (κ3) is 4.08. The van der Waals surface area contributed by atoms with Gasteiger partial charge in [0.25, 0.3) is 5.91 Å². The van der Waals surface area contributed by atoms with Crippen LogP contribution in [0.15, 0.2) is 60.2 Å². The molecule has 0 radical (unpaired) electrons. The summed E-state index contributed by atoms with van der Waals surface area (Å²) in [6, 6.07) is 18.1. The Kier molecular flexibility index (Phi) is 5.54. The molecule has 0 N–H and O–H groups in total. The van der Waals surface area contributed by atoms with Gasteiger partial charge in [-0.05, 0) is 49.6 Å². The second-order valence-corrected chi connectivity index (χ2v) is 5.53. The summed E-state index contributed by atoms with van der Waals surface area (Å²) in [6.45, 7) is 6.74. The van der Waals surface area contributed by atoms with Gasteiger partial charge in [0.15, 0.2) is 0 Å². The van der Waals surface area contributed by atoms with Crippen LogP contribution in [0, 0.1) is 6.92 Å². The molecule has 0 saturated heterocycles. The van der Waals surface area contributed by atoms with Gasteiger partial charge in [0.2, 0.25) is 0 Å². The predicted molar refractivity (Wildman–Crippen MR) is 93.9 cm³/mol. The predicted octanol–water partition coefficient (Wildman–Crippen LogP) is 4.84. The van der Waals surface area contributed by atoms with Crippen LogP contribution in [0.1, 0.15) is 31.4 Å². The van der Waals surface area contributed by atoms with Crippen molar-refractivity contribution in [2.75, 3.05) is 11.4 Å². The van der Waals surface area contributed by atoms with Crippen molar-refractivity contribution in [2.24, 2.45) is 0 Å². The van der Waals surface area contributed by atoms with E-state index >= 15 is 0 Å². The van der Waals surface area contributed by atoms with E-state index < -0.39 is 0 Å². The Labute approximate surface area is 133 Å². The number of hydrogen-bond donors (Lipinski definition) is 0. The van der Waals surface area contributed by atoms with E-state index in [1.807, 2.05) is 73.4 Å². The number of amides is 1. The summed E-state index contributed by atoms with van der Waals surface area (Å²) < 4.78 is 0. The lowest BCUT2D eigenvalue weighted by atomic mass is 10.1. The highest BCUT2D eigenvalue weighted by molar-refractivity contribution is 6.07. The van der Waals surface area contributed by atoms with Crippen molar-refractivity contribution < 1.29 is 4.79 Å². The average molecular weight is 293 g/mol. The van der Waals surface area contributed by atoms with Crippen LogP contribution >= 0.6 is 0 Å². The molecule has 0 saturated carbocycles. The Hall–Kier alpha value is -2.35. The molecule has 0 atom stereocenters. The van der Waals surface area contributed by atoms with Crippen LogP contribution in [0.5, 0.6) is 0 Å². The fourth-order valence-electron chi connectivity index (χ4n) is 2.44. The van der Waals surface area contributed by atoms with Gasteiger partial charge in [-0.3, -0.25) is 4.79 Å². The molecule has 0 heterocycles. The summed E-state index contributed by atoms with van der Waals surface area (Å²) in [5.74, 6) is 0.0660. The van der Waals surface area contributed by atoms with Crippen LogP contribution < -0.4 is 4.90 Å². The average Bonchev–Trinajstić information content (AvgIpc) is 2.53. The summed E-state index contributed by atoms with van der Waals surface area (Å²) in [6.07, 6.45) is 2.87. The Bertz CT molecular complexity index is 658. The zero-order valence-corrected chi connectivity index (χ0v) is 13.5. The van der Waals surface area contributed by atoms with Crippen LogP contribution in [-0.2, 0) is 4.79 Å². The molecule has 2 nitrogen and oxygen atoms in total. The smallest absolute Gasteiger partial charge is 0.253 e. The maximum absolute atomic E-state index is 12.8. The minimum Gasteiger partial charge on any atom is -0.309 e. The highest BCUT2D eigenvalue weighted by Gasteiger charge is 2.16. The quantitative estimate of drug-likeness (QED) is 0.722. The monoisotopic (exact) mass is 293 g/mol. The van der Waals surface area contributed by atoms with E-state index in [-0.39, 0.29) is 5.91 Å². The normalized spacial score (nSPS) is 11.3. The van der Waals surface area contributed by atoms with Crippen molar-refractivity contribution in [1.82, 2.24) is 0 Å². The molecular weight excluding hydrogens is 270 g/mol. The lowest BCUT2D eigenvalue weighted by Crippen LogP contribution is -2.32. The number of carbonyl (C=O) groups excluding carboxylic acids is 1. The van der Waals surface area contributed by atoms with Gasteiger partial charge < -0.3 is 4.90 Å². The second kappa shape index (κ2) is 7.60. The van der Waals surface area contributed by atoms with Gasteiger partial charge in [0.05, 0.1) is 0 Å². The maximum Gasteiger partial charge on any atom is 0.253 e. The first-order valence-corrected chi connectivity index (χ1v) is 7.73. The molecule has 0 spiro atoms. The van der Waals surface area contributed by atoms with Crippen molar-refractivity contribution in [3.05, 3.63) is 71.3 Å². The summed E-state index contributed by atoms with van der Waals surface area (Å²) in [7, 11) is 0. The van der Waals surface area contributed by atoms with E-state index in [0.717, 1.165) is 35.4 Å². The first kappa shape index (κ1) is 16.0. The number of hydrogen-bond acceptors (Lipinski definition) is 1. The van der Waals surface area contributed by atoms with Crippen LogP contribution in [0.25, 0.3) is 6.08 Å². The van der Waals surface area contributed by atoms with Gasteiger partial charge in [0.1, 0.15) is 0 Å². The second-order valence-electron chi connectivity index (χ2n) is 5.53. The molecule has 2 aromatic carbocycles. The summed E-state index contributed by atoms with van der Waals surface area (Å²) >= 11 is 0. The van der Waals surface area contributed by atoms with Crippen LogP contribution in [0.2, 0.25) is 0 Å². The fraction of sp³-hybridized carbons (Fsp3) is 0.250. The lowest BCUT2D eigenvalue weighted by Gasteiger charge is -2.23. The van der Waals surface area contributed by atoms with Crippen LogP contribution in [0.3, 0.4) is 0 Å². The number of benzene rings is 2. The molecule has 0 aliphatic carbocycles. The Morgan fingerprint density at radius 3 is 2.45 bits per heavy atom. The molecule has 0 aliphatic heterocycles. The van der Waals surface area contributed by atoms with E-state index in [2.05, 4.69) is 13.0 Å². The highest BCUT2D eigenvalue weighted by atomic mass is 16.2. The molecule has 114 valence electrons. The van der Waals surface area contributed by atoms with E-state index in [9.17, 15) is 4.79 Å². The molecule has 0 bridgehead atoms. The van der Waals surface area contributed by atoms with E-state index in [0.29, 0.717) is 0 Å². The van der Waals surface area contributed by atoms with Crippen LogP contribution in [-0.4, -0.2) is 12.5 Å². The topological polar surface area (TPSA) is 20.3 Å². The number of aryl methyl sites for hydroxylation is 1. The van der Waals surface area contributed by atoms with Gasteiger partial charge in [-0.15, -0.1) is 0 Å². The summed E-state index contributed by atoms with van der Waals surface area (Å²) in [5, 5.41) is 0. The van der Waals surface area contributed by atoms with Crippen LogP contribution in [0.4, 0.5) is 5.69 Å². The largest absolute Gasteiger partial charge is 0.309 e. The molecule has 0 aromatic heterocycles. The van der Waals surface area contributed by atoms with Crippen molar-refractivity contribution in [1.29, 1.82) is 0 Å². The van der Waals surface area contributed by atoms with Crippen molar-refractivity contribution >= 4 is 17.7 Å². The number of anilines is 1. The van der Waals surface area contributed by atoms with E-state index in [1.54, 1.807) is 0 Å². The molecule has 2 rings (SSSR count). The van der Waals surface area contributed by atoms with Gasteiger partial charge in [0, 0.05) is 17.8 Å². The number of nitrogens with zero attached hydrogens (tertiary/aromatic N) is 1. The van der Waals surface area contributed by atoms with E-state index in [1.165, 1.54) is 0 Å². The van der Waals surface area contributed by atoms with Gasteiger partial charge in [-0.2, -0.15) is 0 Å². The van der Waals surface area contributed by atoms with E-state index in [4.69, 9.17) is 0 Å². The third-order valence-corrected chi connectivity index (χ3v) is 3.53. The van der Waals surface area contributed by atoms with Gasteiger partial charge in [-0.1, -0.05) is 49.4 Å². The highest BCUT2D eigenvalue weighted by Crippen LogP contribution is 2.19. The number of carbonyl (C=O) groups is 1. The minimum atomic E-state index is 0.0660. The maximum atomic E-state index is 12.8. The Morgan fingerprint density at radius 1 is 1.09 bits per heavy atom. The molecule has 0 fully saturated rings. The summed E-state index contributed by atoms with van der Waals surface area (Å²) in [4.78, 5) is 14.7. The molecule has 2 heteroatoms. The number of rotatable bonds is 5. The Morgan fingerprint density at radius 2 is 1.82 bits per heavy atom. The molecule has 0 unspecified atom stereocenters. The first-order valence-electron chi connectivity index (χ1n) is 7.73. The Balaban J connectivity index is 2.28. The fourth-order valence-corrected chi connectivity index (χ4v) is 2.44. The van der Waals surface area contributed by atoms with Crippen molar-refractivity contribution in [3.8, 4) is 0 Å². The zero-order chi connectivity index (χ0) is 15.9. The zero-order valence-electron chi connectivity index (χ0n) is 13.5. The van der Waals surface area contributed by atoms with Gasteiger partial charge in [-0.25, -0.2) is 0 Å². The van der Waals surface area contributed by atoms with Crippen molar-refractivity contribution in [3.63, 3.8) is 0 Å². The minimum absolute atomic E-state index is 0.0660. The van der Waals surface area contributed by atoms with Crippen molar-refractivity contribution in [2.45, 2.75) is 27.2 Å². The standard InChI is InChI=1S/C20H23NO/c1-4-13-21(19-12-8-9-16(2)14-19)20(22)17(3)15-18-10-6-5-7-11-18/h5-12,14-15H,4,13H2,1-3H3/b17-15+. The molecule has 22 heavy (non-hydrogen) atoms. The third-order valence-electron chi connectivity index (χ3n) is 3.53. The van der Waals surface area contributed by atoms with Gasteiger partial charge >= 0.3 is 0 Å². The molecular formula is C20H23NO. The molecule has 2 aromatic rings. The molecule has 1 amide bonds.